The first-order valence-corrected chi connectivity index (χ1v) is 5.57. The number of benzene rings is 1. The lowest BCUT2D eigenvalue weighted by atomic mass is 10.1. The van der Waals surface area contributed by atoms with Gasteiger partial charge in [0.1, 0.15) is 25.2 Å². The zero-order valence-electron chi connectivity index (χ0n) is 10.00. The van der Waals surface area contributed by atoms with Crippen molar-refractivity contribution in [3.63, 3.8) is 0 Å². The van der Waals surface area contributed by atoms with E-state index in [1.165, 1.54) is 12.3 Å². The molecule has 2 aromatic rings. The summed E-state index contributed by atoms with van der Waals surface area (Å²) in [6.07, 6.45) is 1.17. The van der Waals surface area contributed by atoms with Crippen LogP contribution in [0.1, 0.15) is 16.9 Å². The lowest BCUT2D eigenvalue weighted by Gasteiger charge is -2.05. The van der Waals surface area contributed by atoms with Crippen LogP contribution >= 0.6 is 0 Å². The van der Waals surface area contributed by atoms with Crippen LogP contribution in [0.15, 0.2) is 45.8 Å². The van der Waals surface area contributed by atoms with Crippen LogP contribution in [-0.4, -0.2) is 5.11 Å². The van der Waals surface area contributed by atoms with E-state index in [1.54, 1.807) is 24.3 Å². The number of ether oxygens (including phenoxy) is 1. The molecule has 96 valence electrons. The molecule has 0 atom stereocenters. The highest BCUT2D eigenvalue weighted by atomic mass is 16.5. The summed E-state index contributed by atoms with van der Waals surface area (Å²) in [5.41, 5.74) is 0.959. The average molecular weight is 257 g/mol. The number of aliphatic hydroxyl groups excluding tert-OH is 1. The van der Waals surface area contributed by atoms with Crippen LogP contribution in [0, 0.1) is 11.3 Å². The Morgan fingerprint density at radius 2 is 2.21 bits per heavy atom. The fraction of sp³-hybridized carbons (Fsp3) is 0.143. The monoisotopic (exact) mass is 257 g/mol. The van der Waals surface area contributed by atoms with E-state index in [2.05, 4.69) is 0 Å². The Balaban J connectivity index is 2.10. The van der Waals surface area contributed by atoms with Crippen molar-refractivity contribution < 1.29 is 14.3 Å². The maximum atomic E-state index is 11.6. The van der Waals surface area contributed by atoms with Gasteiger partial charge in [0, 0.05) is 6.07 Å². The lowest BCUT2D eigenvalue weighted by Crippen LogP contribution is -2.08. The van der Waals surface area contributed by atoms with E-state index in [0.717, 1.165) is 5.56 Å². The molecule has 0 unspecified atom stereocenters. The van der Waals surface area contributed by atoms with Gasteiger partial charge in [-0.3, -0.25) is 4.79 Å². The largest absolute Gasteiger partial charge is 0.482 e. The van der Waals surface area contributed by atoms with E-state index < -0.39 is 0 Å². The van der Waals surface area contributed by atoms with Gasteiger partial charge >= 0.3 is 0 Å². The van der Waals surface area contributed by atoms with E-state index >= 15 is 0 Å². The molecule has 0 radical (unpaired) electrons. The molecule has 0 aliphatic heterocycles. The lowest BCUT2D eigenvalue weighted by molar-refractivity contribution is 0.236. The van der Waals surface area contributed by atoms with Gasteiger partial charge in [0.05, 0.1) is 11.6 Å². The minimum Gasteiger partial charge on any atom is -0.482 e. The minimum atomic E-state index is -0.355. The first-order valence-electron chi connectivity index (χ1n) is 5.57. The van der Waals surface area contributed by atoms with Crippen LogP contribution in [-0.2, 0) is 13.2 Å². The average Bonchev–Trinajstić information content (AvgIpc) is 2.46. The predicted molar refractivity (Wildman–Crippen MR) is 66.4 cm³/mol. The van der Waals surface area contributed by atoms with Gasteiger partial charge in [-0.05, 0) is 17.7 Å². The van der Waals surface area contributed by atoms with Gasteiger partial charge in [-0.1, -0.05) is 12.1 Å². The fourth-order valence-electron chi connectivity index (χ4n) is 1.52. The van der Waals surface area contributed by atoms with Crippen molar-refractivity contribution >= 4 is 0 Å². The summed E-state index contributed by atoms with van der Waals surface area (Å²) in [5, 5.41) is 17.6. The normalized spacial score (nSPS) is 9.89. The number of nitrogens with zero attached hydrogens (tertiary/aromatic N) is 1. The first kappa shape index (κ1) is 12.9. The van der Waals surface area contributed by atoms with Crippen LogP contribution < -0.4 is 10.2 Å². The molecule has 5 nitrogen and oxygen atoms in total. The summed E-state index contributed by atoms with van der Waals surface area (Å²) in [7, 11) is 0. The van der Waals surface area contributed by atoms with Crippen molar-refractivity contribution in [2.75, 3.05) is 0 Å². The molecule has 0 aliphatic carbocycles. The standard InChI is InChI=1S/C14H11NO4/c15-6-10-2-1-3-11(4-10)8-19-14-9-18-12(7-16)5-13(14)17/h1-5,9,16H,7-8H2. The third-order valence-corrected chi connectivity index (χ3v) is 2.46. The van der Waals surface area contributed by atoms with Crippen molar-refractivity contribution in [3.05, 3.63) is 63.7 Å². The van der Waals surface area contributed by atoms with Gasteiger partial charge < -0.3 is 14.3 Å². The highest BCUT2D eigenvalue weighted by Gasteiger charge is 2.04. The predicted octanol–water partition coefficient (Wildman–Crippen LogP) is 1.58. The number of nitriles is 1. The number of hydrogen-bond donors (Lipinski definition) is 1. The van der Waals surface area contributed by atoms with Gasteiger partial charge in [-0.2, -0.15) is 5.26 Å². The Bertz CT molecular complexity index is 670. The number of aliphatic hydroxyl groups is 1. The molecule has 1 aromatic carbocycles. The number of hydrogen-bond acceptors (Lipinski definition) is 5. The zero-order valence-corrected chi connectivity index (χ0v) is 10.00. The molecule has 0 spiro atoms. The van der Waals surface area contributed by atoms with E-state index in [-0.39, 0.29) is 30.2 Å². The Hall–Kier alpha value is -2.58. The molecule has 0 fully saturated rings. The molecule has 19 heavy (non-hydrogen) atoms. The molecular formula is C14H11NO4. The minimum absolute atomic E-state index is 0.0690. The highest BCUT2D eigenvalue weighted by molar-refractivity contribution is 5.32. The van der Waals surface area contributed by atoms with Crippen molar-refractivity contribution in [1.29, 1.82) is 5.26 Å². The van der Waals surface area contributed by atoms with Crippen LogP contribution in [0.25, 0.3) is 0 Å². The second-order valence-electron chi connectivity index (χ2n) is 3.83. The summed E-state index contributed by atoms with van der Waals surface area (Å²) < 4.78 is 10.3. The Morgan fingerprint density at radius 1 is 1.37 bits per heavy atom. The van der Waals surface area contributed by atoms with Crippen LogP contribution in [0.4, 0.5) is 0 Å². The Labute approximate surface area is 109 Å². The zero-order chi connectivity index (χ0) is 13.7. The molecule has 5 heteroatoms. The second-order valence-corrected chi connectivity index (χ2v) is 3.83. The highest BCUT2D eigenvalue weighted by Crippen LogP contribution is 2.10. The maximum absolute atomic E-state index is 11.6. The summed E-state index contributed by atoms with van der Waals surface area (Å²) in [4.78, 5) is 11.6. The second kappa shape index (κ2) is 5.85. The quantitative estimate of drug-likeness (QED) is 0.899. The van der Waals surface area contributed by atoms with Gasteiger partial charge in [-0.15, -0.1) is 0 Å². The molecule has 0 amide bonds. The molecule has 1 N–H and O–H groups in total. The molecule has 1 aromatic heterocycles. The molecule has 0 saturated carbocycles. The van der Waals surface area contributed by atoms with Crippen LogP contribution in [0.2, 0.25) is 0 Å². The molecule has 0 aliphatic rings. The van der Waals surface area contributed by atoms with Gasteiger partial charge in [0.25, 0.3) is 0 Å². The summed E-state index contributed by atoms with van der Waals surface area (Å²) in [5.74, 6) is 0.253. The summed E-state index contributed by atoms with van der Waals surface area (Å²) in [6, 6.07) is 10.1. The van der Waals surface area contributed by atoms with Crippen molar-refractivity contribution in [2.45, 2.75) is 13.2 Å². The van der Waals surface area contributed by atoms with Crippen LogP contribution in [0.3, 0.4) is 0 Å². The van der Waals surface area contributed by atoms with Crippen molar-refractivity contribution in [2.24, 2.45) is 0 Å². The molecule has 0 saturated heterocycles. The van der Waals surface area contributed by atoms with E-state index in [4.69, 9.17) is 19.5 Å². The summed E-state index contributed by atoms with van der Waals surface area (Å²) >= 11 is 0. The molecule has 1 heterocycles. The number of rotatable bonds is 4. The van der Waals surface area contributed by atoms with Gasteiger partial charge in [0.15, 0.2) is 0 Å². The molecular weight excluding hydrogens is 246 g/mol. The topological polar surface area (TPSA) is 83.5 Å². The molecule has 2 rings (SSSR count). The fourth-order valence-corrected chi connectivity index (χ4v) is 1.52. The van der Waals surface area contributed by atoms with Crippen molar-refractivity contribution in [3.8, 4) is 11.8 Å². The smallest absolute Gasteiger partial charge is 0.227 e. The third kappa shape index (κ3) is 3.21. The van der Waals surface area contributed by atoms with Gasteiger partial charge in [-0.25, -0.2) is 0 Å². The first-order chi connectivity index (χ1) is 9.22. The Kier molecular flexibility index (Phi) is 3.96. The van der Waals surface area contributed by atoms with Crippen LogP contribution in [0.5, 0.6) is 5.75 Å². The SMILES string of the molecule is N#Cc1cccc(COc2coc(CO)cc2=O)c1. The Morgan fingerprint density at radius 3 is 2.89 bits per heavy atom. The van der Waals surface area contributed by atoms with Gasteiger partial charge in [0.2, 0.25) is 11.2 Å². The molecule has 0 bridgehead atoms. The summed E-state index contributed by atoms with van der Waals surface area (Å²) in [6.45, 7) is -0.168. The van der Waals surface area contributed by atoms with Crippen molar-refractivity contribution in [1.82, 2.24) is 0 Å². The van der Waals surface area contributed by atoms with E-state index in [9.17, 15) is 4.79 Å². The van der Waals surface area contributed by atoms with E-state index in [0.29, 0.717) is 5.56 Å². The maximum Gasteiger partial charge on any atom is 0.227 e. The van der Waals surface area contributed by atoms with E-state index in [1.807, 2.05) is 6.07 Å². The third-order valence-electron chi connectivity index (χ3n) is 2.46.